The van der Waals surface area contributed by atoms with E-state index in [4.69, 9.17) is 0 Å². The molecule has 2 aromatic rings. The van der Waals surface area contributed by atoms with Crippen molar-refractivity contribution in [3.8, 4) is 0 Å². The van der Waals surface area contributed by atoms with Gasteiger partial charge in [0.25, 0.3) is 0 Å². The Labute approximate surface area is 173 Å². The summed E-state index contributed by atoms with van der Waals surface area (Å²) in [6, 6.07) is 11.7. The smallest absolute Gasteiger partial charge is 0.322 e. The molecule has 1 saturated carbocycles. The molecule has 6 heteroatoms. The highest BCUT2D eigenvalue weighted by Gasteiger charge is 2.35. The van der Waals surface area contributed by atoms with E-state index in [2.05, 4.69) is 19.2 Å². The fraction of sp³-hybridized carbons (Fsp3) is 0.478. The van der Waals surface area contributed by atoms with Crippen LogP contribution in [0.4, 0.5) is 10.5 Å². The number of hydrogen-bond donors (Lipinski definition) is 1. The molecule has 0 unspecified atom stereocenters. The molecule has 1 aliphatic rings. The van der Waals surface area contributed by atoms with Crippen molar-refractivity contribution in [2.24, 2.45) is 13.0 Å². The molecule has 1 N–H and O–H groups in total. The minimum atomic E-state index is -0.196. The molecule has 0 bridgehead atoms. The molecular weight excluding hydrogens is 364 g/mol. The van der Waals surface area contributed by atoms with Gasteiger partial charge in [-0.3, -0.25) is 4.79 Å². The number of anilines is 1. The Kier molecular flexibility index (Phi) is 6.62. The summed E-state index contributed by atoms with van der Waals surface area (Å²) in [5, 5.41) is 2.98. The number of hydrogen-bond acceptors (Lipinski definition) is 2. The van der Waals surface area contributed by atoms with Crippen LogP contribution < -0.4 is 5.32 Å². The average Bonchev–Trinajstić information content (AvgIpc) is 3.43. The molecule has 1 aromatic carbocycles. The summed E-state index contributed by atoms with van der Waals surface area (Å²) in [6.07, 6.45) is 3.90. The van der Waals surface area contributed by atoms with E-state index in [9.17, 15) is 9.59 Å². The molecule has 0 aliphatic heterocycles. The van der Waals surface area contributed by atoms with Crippen molar-refractivity contribution in [2.45, 2.75) is 46.2 Å². The van der Waals surface area contributed by atoms with E-state index in [1.807, 2.05) is 66.0 Å². The van der Waals surface area contributed by atoms with Gasteiger partial charge in [0.2, 0.25) is 5.91 Å². The zero-order chi connectivity index (χ0) is 21.0. The number of benzene rings is 1. The lowest BCUT2D eigenvalue weighted by Crippen LogP contribution is -2.46. The summed E-state index contributed by atoms with van der Waals surface area (Å²) in [4.78, 5) is 29.7. The maximum atomic E-state index is 13.2. The van der Waals surface area contributed by atoms with E-state index in [-0.39, 0.29) is 24.5 Å². The Hall–Kier alpha value is -2.76. The van der Waals surface area contributed by atoms with Crippen LogP contribution in [0, 0.1) is 12.8 Å². The molecule has 1 heterocycles. The van der Waals surface area contributed by atoms with Crippen LogP contribution in [0.3, 0.4) is 0 Å². The molecule has 156 valence electrons. The van der Waals surface area contributed by atoms with Crippen molar-refractivity contribution in [1.82, 2.24) is 14.4 Å². The first-order chi connectivity index (χ1) is 13.8. The van der Waals surface area contributed by atoms with E-state index in [1.165, 1.54) is 0 Å². The molecular formula is C23H32N4O2. The van der Waals surface area contributed by atoms with Crippen LogP contribution in [-0.4, -0.2) is 45.4 Å². The molecule has 0 atom stereocenters. The number of para-hydroxylation sites is 1. The van der Waals surface area contributed by atoms with Gasteiger partial charge in [-0.1, -0.05) is 32.0 Å². The van der Waals surface area contributed by atoms with Gasteiger partial charge >= 0.3 is 6.03 Å². The third-order valence-electron chi connectivity index (χ3n) is 5.28. The van der Waals surface area contributed by atoms with Gasteiger partial charge in [0.15, 0.2) is 0 Å². The largest absolute Gasteiger partial charge is 0.353 e. The van der Waals surface area contributed by atoms with Gasteiger partial charge in [0, 0.05) is 37.2 Å². The molecule has 1 aliphatic carbocycles. The van der Waals surface area contributed by atoms with Crippen LogP contribution in [0.5, 0.6) is 0 Å². The lowest BCUT2D eigenvalue weighted by molar-refractivity contribution is -0.133. The summed E-state index contributed by atoms with van der Waals surface area (Å²) in [5.41, 5.74) is 2.88. The molecule has 6 nitrogen and oxygen atoms in total. The van der Waals surface area contributed by atoms with Crippen molar-refractivity contribution in [3.63, 3.8) is 0 Å². The first kappa shape index (κ1) is 21.0. The number of aryl methyl sites for hydroxylation is 2. The van der Waals surface area contributed by atoms with Gasteiger partial charge in [-0.2, -0.15) is 0 Å². The highest BCUT2D eigenvalue weighted by molar-refractivity contribution is 5.93. The molecule has 3 rings (SSSR count). The van der Waals surface area contributed by atoms with E-state index in [0.717, 1.165) is 29.8 Å². The van der Waals surface area contributed by atoms with Crippen LogP contribution >= 0.6 is 0 Å². The van der Waals surface area contributed by atoms with E-state index in [1.54, 1.807) is 4.90 Å². The Balaban J connectivity index is 1.70. The topological polar surface area (TPSA) is 57.6 Å². The number of carbonyl (C=O) groups excluding carboxylic acids is 2. The van der Waals surface area contributed by atoms with Gasteiger partial charge < -0.3 is 19.7 Å². The summed E-state index contributed by atoms with van der Waals surface area (Å²) >= 11 is 0. The minimum absolute atomic E-state index is 0.00765. The normalized spacial score (nSPS) is 13.4. The van der Waals surface area contributed by atoms with Crippen molar-refractivity contribution in [3.05, 3.63) is 53.9 Å². The van der Waals surface area contributed by atoms with Gasteiger partial charge in [0.1, 0.15) is 6.54 Å². The van der Waals surface area contributed by atoms with Gasteiger partial charge in [-0.05, 0) is 49.4 Å². The number of aromatic nitrogens is 1. The lowest BCUT2D eigenvalue weighted by atomic mass is 10.2. The first-order valence-corrected chi connectivity index (χ1v) is 10.4. The Bertz CT molecular complexity index is 854. The molecule has 3 amide bonds. The number of nitrogens with zero attached hydrogens (tertiary/aromatic N) is 3. The SMILES string of the molecule is Cc1ccccc1NC(=O)N(CC(=O)N(Cc1cccn1C)CC(C)C)C1CC1. The van der Waals surface area contributed by atoms with E-state index < -0.39 is 0 Å². The van der Waals surface area contributed by atoms with Crippen LogP contribution in [0.25, 0.3) is 0 Å². The highest BCUT2D eigenvalue weighted by atomic mass is 16.2. The number of urea groups is 1. The second-order valence-electron chi connectivity index (χ2n) is 8.38. The van der Waals surface area contributed by atoms with Crippen LogP contribution in [0.1, 0.15) is 37.9 Å². The van der Waals surface area contributed by atoms with Crippen molar-refractivity contribution >= 4 is 17.6 Å². The standard InChI is InChI=1S/C23H32N4O2/c1-17(2)14-26(15-20-9-7-13-25(20)4)22(28)16-27(19-11-12-19)23(29)24-21-10-6-5-8-18(21)3/h5-10,13,17,19H,11-12,14-16H2,1-4H3,(H,24,29). The van der Waals surface area contributed by atoms with Gasteiger partial charge in [0.05, 0.1) is 6.54 Å². The highest BCUT2D eigenvalue weighted by Crippen LogP contribution is 2.28. The Morgan fingerprint density at radius 3 is 2.48 bits per heavy atom. The molecule has 29 heavy (non-hydrogen) atoms. The van der Waals surface area contributed by atoms with Gasteiger partial charge in [-0.15, -0.1) is 0 Å². The summed E-state index contributed by atoms with van der Waals surface area (Å²) in [7, 11) is 1.99. The van der Waals surface area contributed by atoms with Crippen molar-refractivity contribution in [2.75, 3.05) is 18.4 Å². The number of nitrogens with one attached hydrogen (secondary N) is 1. The van der Waals surface area contributed by atoms with Gasteiger partial charge in [-0.25, -0.2) is 4.79 Å². The molecule has 1 aromatic heterocycles. The van der Waals surface area contributed by atoms with Crippen LogP contribution in [0.15, 0.2) is 42.6 Å². The van der Waals surface area contributed by atoms with E-state index >= 15 is 0 Å². The fourth-order valence-corrected chi connectivity index (χ4v) is 3.45. The summed E-state index contributed by atoms with van der Waals surface area (Å²) in [6.45, 7) is 7.51. The molecule has 0 radical (unpaired) electrons. The number of rotatable bonds is 8. The molecule has 0 spiro atoms. The summed E-state index contributed by atoms with van der Waals surface area (Å²) in [5.74, 6) is 0.348. The Morgan fingerprint density at radius 2 is 1.90 bits per heavy atom. The van der Waals surface area contributed by atoms with Crippen LogP contribution in [-0.2, 0) is 18.4 Å². The second kappa shape index (κ2) is 9.16. The zero-order valence-electron chi connectivity index (χ0n) is 17.9. The maximum absolute atomic E-state index is 13.2. The predicted octanol–water partition coefficient (Wildman–Crippen LogP) is 4.01. The first-order valence-electron chi connectivity index (χ1n) is 10.4. The minimum Gasteiger partial charge on any atom is -0.353 e. The lowest BCUT2D eigenvalue weighted by Gasteiger charge is -2.29. The zero-order valence-corrected chi connectivity index (χ0v) is 17.9. The summed E-state index contributed by atoms with van der Waals surface area (Å²) < 4.78 is 2.03. The number of carbonyl (C=O) groups is 2. The predicted molar refractivity (Wildman–Crippen MR) is 116 cm³/mol. The average molecular weight is 397 g/mol. The van der Waals surface area contributed by atoms with Crippen LogP contribution in [0.2, 0.25) is 0 Å². The third-order valence-corrected chi connectivity index (χ3v) is 5.28. The maximum Gasteiger partial charge on any atom is 0.322 e. The third kappa shape index (κ3) is 5.62. The fourth-order valence-electron chi connectivity index (χ4n) is 3.45. The number of amides is 3. The van der Waals surface area contributed by atoms with Crippen molar-refractivity contribution in [1.29, 1.82) is 0 Å². The van der Waals surface area contributed by atoms with Crippen molar-refractivity contribution < 1.29 is 9.59 Å². The molecule has 1 fully saturated rings. The van der Waals surface area contributed by atoms with E-state index in [0.29, 0.717) is 19.0 Å². The molecule has 0 saturated heterocycles. The second-order valence-corrected chi connectivity index (χ2v) is 8.38. The Morgan fingerprint density at radius 1 is 1.17 bits per heavy atom. The monoisotopic (exact) mass is 396 g/mol. The quantitative estimate of drug-likeness (QED) is 0.733.